The van der Waals surface area contributed by atoms with Crippen LogP contribution in [0, 0.1) is 5.82 Å². The summed E-state index contributed by atoms with van der Waals surface area (Å²) in [7, 11) is 0. The second kappa shape index (κ2) is 8.41. The maximum atomic E-state index is 14.1. The highest BCUT2D eigenvalue weighted by atomic mass is 19.1. The Kier molecular flexibility index (Phi) is 5.74. The van der Waals surface area contributed by atoms with Crippen molar-refractivity contribution in [3.63, 3.8) is 0 Å². The van der Waals surface area contributed by atoms with E-state index in [-0.39, 0.29) is 11.5 Å². The van der Waals surface area contributed by atoms with Crippen LogP contribution in [0.2, 0.25) is 0 Å². The molecular weight excluding hydrogens is 355 g/mol. The molecule has 28 heavy (non-hydrogen) atoms. The number of carbonyl (C=O) groups is 1. The maximum absolute atomic E-state index is 14.1. The molecular formula is C23H27FN2O2. The third kappa shape index (κ3) is 3.96. The van der Waals surface area contributed by atoms with E-state index >= 15 is 0 Å². The van der Waals surface area contributed by atoms with Gasteiger partial charge in [0.15, 0.2) is 0 Å². The van der Waals surface area contributed by atoms with Crippen molar-refractivity contribution in [3.05, 3.63) is 65.0 Å². The zero-order chi connectivity index (χ0) is 19.5. The maximum Gasteiger partial charge on any atom is 0.261 e. The van der Waals surface area contributed by atoms with E-state index in [1.54, 1.807) is 17.0 Å². The summed E-state index contributed by atoms with van der Waals surface area (Å²) in [5.41, 5.74) is 2.87. The number of amides is 1. The molecule has 2 aromatic carbocycles. The van der Waals surface area contributed by atoms with Gasteiger partial charge in [-0.1, -0.05) is 30.7 Å². The highest BCUT2D eigenvalue weighted by Crippen LogP contribution is 2.31. The predicted molar refractivity (Wildman–Crippen MR) is 108 cm³/mol. The first kappa shape index (κ1) is 19.1. The Balaban J connectivity index is 1.54. The molecule has 4 rings (SSSR count). The molecule has 4 nitrogen and oxygen atoms in total. The Morgan fingerprint density at radius 1 is 1.04 bits per heavy atom. The van der Waals surface area contributed by atoms with E-state index in [4.69, 9.17) is 0 Å². The Labute approximate surface area is 165 Å². The molecule has 1 fully saturated rings. The lowest BCUT2D eigenvalue weighted by Crippen LogP contribution is -2.36. The number of aliphatic hydroxyl groups is 1. The van der Waals surface area contributed by atoms with Gasteiger partial charge in [0.05, 0.1) is 11.7 Å². The minimum Gasteiger partial charge on any atom is -0.387 e. The normalized spacial score (nSPS) is 18.6. The van der Waals surface area contributed by atoms with Gasteiger partial charge in [0.25, 0.3) is 5.91 Å². The fourth-order valence-corrected chi connectivity index (χ4v) is 4.31. The highest BCUT2D eigenvalue weighted by molar-refractivity contribution is 6.06. The van der Waals surface area contributed by atoms with Crippen molar-refractivity contribution in [2.24, 2.45) is 0 Å². The molecule has 0 unspecified atom stereocenters. The summed E-state index contributed by atoms with van der Waals surface area (Å²) in [6.07, 6.45) is 4.84. The van der Waals surface area contributed by atoms with Crippen molar-refractivity contribution in [1.82, 2.24) is 4.90 Å². The third-order valence-electron chi connectivity index (χ3n) is 5.84. The van der Waals surface area contributed by atoms with Gasteiger partial charge in [0.1, 0.15) is 5.82 Å². The molecule has 0 bridgehead atoms. The summed E-state index contributed by atoms with van der Waals surface area (Å²) < 4.78 is 14.1. The first-order valence-corrected chi connectivity index (χ1v) is 10.2. The topological polar surface area (TPSA) is 43.8 Å². The van der Waals surface area contributed by atoms with Crippen molar-refractivity contribution >= 4 is 11.6 Å². The number of halogens is 1. The molecule has 2 aromatic rings. The van der Waals surface area contributed by atoms with Crippen molar-refractivity contribution in [2.45, 2.75) is 38.2 Å². The number of benzene rings is 2. The van der Waals surface area contributed by atoms with Gasteiger partial charge < -0.3 is 14.9 Å². The molecule has 0 radical (unpaired) electrons. The zero-order valence-electron chi connectivity index (χ0n) is 16.1. The molecule has 1 amide bonds. The molecule has 2 heterocycles. The fraction of sp³-hybridized carbons (Fsp3) is 0.435. The molecule has 2 aliphatic heterocycles. The van der Waals surface area contributed by atoms with Gasteiger partial charge in [-0.05, 0) is 68.1 Å². The average molecular weight is 382 g/mol. The van der Waals surface area contributed by atoms with Gasteiger partial charge in [-0.3, -0.25) is 4.79 Å². The van der Waals surface area contributed by atoms with Crippen molar-refractivity contribution in [3.8, 4) is 0 Å². The Morgan fingerprint density at radius 2 is 1.82 bits per heavy atom. The number of hydrogen-bond donors (Lipinski definition) is 1. The van der Waals surface area contributed by atoms with E-state index in [1.165, 1.54) is 31.4 Å². The minimum atomic E-state index is -0.527. The minimum absolute atomic E-state index is 0.101. The van der Waals surface area contributed by atoms with Crippen LogP contribution in [-0.4, -0.2) is 42.1 Å². The second-order valence-electron chi connectivity index (χ2n) is 7.81. The average Bonchev–Trinajstić information content (AvgIpc) is 2.73. The second-order valence-corrected chi connectivity index (χ2v) is 7.81. The first-order chi connectivity index (χ1) is 13.6. The van der Waals surface area contributed by atoms with Crippen LogP contribution in [0.1, 0.15) is 53.3 Å². The van der Waals surface area contributed by atoms with E-state index in [9.17, 15) is 14.3 Å². The molecule has 1 atom stereocenters. The number of carbonyl (C=O) groups excluding carboxylic acids is 1. The summed E-state index contributed by atoms with van der Waals surface area (Å²) in [6.45, 7) is 3.33. The Hall–Kier alpha value is -2.24. The number of rotatable bonds is 4. The molecule has 148 valence electrons. The quantitative estimate of drug-likeness (QED) is 0.871. The van der Waals surface area contributed by atoms with Gasteiger partial charge in [0.2, 0.25) is 0 Å². The SMILES string of the molecule is O=C(c1ccccc1F)N1CCCc2cc([C@@H](O)CN3CCCCC3)ccc21. The van der Waals surface area contributed by atoms with Gasteiger partial charge in [-0.25, -0.2) is 4.39 Å². The summed E-state index contributed by atoms with van der Waals surface area (Å²) in [5, 5.41) is 10.7. The largest absolute Gasteiger partial charge is 0.387 e. The Morgan fingerprint density at radius 3 is 2.61 bits per heavy atom. The molecule has 1 saturated heterocycles. The van der Waals surface area contributed by atoms with Crippen LogP contribution in [0.15, 0.2) is 42.5 Å². The van der Waals surface area contributed by atoms with Crippen molar-refractivity contribution in [2.75, 3.05) is 31.1 Å². The Bertz CT molecular complexity index is 848. The smallest absolute Gasteiger partial charge is 0.261 e. The lowest BCUT2D eigenvalue weighted by molar-refractivity contribution is 0.0981. The molecule has 0 aromatic heterocycles. The summed E-state index contributed by atoms with van der Waals surface area (Å²) in [6, 6.07) is 11.9. The number of hydrogen-bond acceptors (Lipinski definition) is 3. The van der Waals surface area contributed by atoms with E-state index in [1.807, 2.05) is 18.2 Å². The van der Waals surface area contributed by atoms with Crippen LogP contribution in [0.3, 0.4) is 0 Å². The lowest BCUT2D eigenvalue weighted by atomic mass is 9.96. The number of aryl methyl sites for hydroxylation is 1. The number of nitrogens with zero attached hydrogens (tertiary/aromatic N) is 2. The molecule has 2 aliphatic rings. The molecule has 0 spiro atoms. The van der Waals surface area contributed by atoms with Gasteiger partial charge in [-0.2, -0.15) is 0 Å². The third-order valence-corrected chi connectivity index (χ3v) is 5.84. The predicted octanol–water partition coefficient (Wildman–Crippen LogP) is 3.94. The molecule has 1 N–H and O–H groups in total. The van der Waals surface area contributed by atoms with Crippen LogP contribution in [-0.2, 0) is 6.42 Å². The monoisotopic (exact) mass is 382 g/mol. The molecule has 5 heteroatoms. The summed E-state index contributed by atoms with van der Waals surface area (Å²) in [5.74, 6) is -0.797. The van der Waals surface area contributed by atoms with E-state index in [2.05, 4.69) is 4.90 Å². The summed E-state index contributed by atoms with van der Waals surface area (Å²) >= 11 is 0. The first-order valence-electron chi connectivity index (χ1n) is 10.2. The van der Waals surface area contributed by atoms with Gasteiger partial charge in [0, 0.05) is 18.8 Å². The van der Waals surface area contributed by atoms with Crippen molar-refractivity contribution < 1.29 is 14.3 Å². The summed E-state index contributed by atoms with van der Waals surface area (Å²) in [4.78, 5) is 16.9. The molecule has 0 aliphatic carbocycles. The van der Waals surface area contributed by atoms with E-state index < -0.39 is 11.9 Å². The van der Waals surface area contributed by atoms with Gasteiger partial charge in [-0.15, -0.1) is 0 Å². The zero-order valence-corrected chi connectivity index (χ0v) is 16.1. The van der Waals surface area contributed by atoms with Crippen LogP contribution in [0.5, 0.6) is 0 Å². The van der Waals surface area contributed by atoms with Crippen LogP contribution in [0.4, 0.5) is 10.1 Å². The highest BCUT2D eigenvalue weighted by Gasteiger charge is 2.26. The fourth-order valence-electron chi connectivity index (χ4n) is 4.31. The standard InChI is InChI=1S/C23H27FN2O2/c24-20-9-3-2-8-19(20)23(28)26-14-6-7-17-15-18(10-11-21(17)26)22(27)16-25-12-4-1-5-13-25/h2-3,8-11,15,22,27H,1,4-7,12-14,16H2/t22-/m0/s1. The molecule has 0 saturated carbocycles. The van der Waals surface area contributed by atoms with Crippen LogP contribution < -0.4 is 4.90 Å². The van der Waals surface area contributed by atoms with E-state index in [0.29, 0.717) is 13.1 Å². The number of likely N-dealkylation sites (tertiary alicyclic amines) is 1. The van der Waals surface area contributed by atoms with E-state index in [0.717, 1.165) is 42.7 Å². The lowest BCUT2D eigenvalue weighted by Gasteiger charge is -2.31. The number of fused-ring (bicyclic) bond motifs is 1. The van der Waals surface area contributed by atoms with Crippen molar-refractivity contribution in [1.29, 1.82) is 0 Å². The number of β-amino-alcohol motifs (C(OH)–C–C–N with tert-alkyl or cyclic N) is 1. The number of piperidine rings is 1. The number of anilines is 1. The van der Waals surface area contributed by atoms with Gasteiger partial charge >= 0.3 is 0 Å². The number of aliphatic hydroxyl groups excluding tert-OH is 1. The van der Waals surface area contributed by atoms with Crippen LogP contribution in [0.25, 0.3) is 0 Å². The van der Waals surface area contributed by atoms with Crippen LogP contribution >= 0.6 is 0 Å².